The number of hydrogen-bond donors (Lipinski definition) is 3. The molecule has 0 bridgehead atoms. The molecule has 0 radical (unpaired) electrons. The normalized spacial score (nSPS) is 20.6. The number of carboxylic acid groups (broad SMARTS) is 1. The molecular formula is C22H35N4O7S+. The third-order valence-electron chi connectivity index (χ3n) is 5.11. The van der Waals surface area contributed by atoms with Gasteiger partial charge < -0.3 is 30.1 Å². The van der Waals surface area contributed by atoms with Crippen LogP contribution >= 0.6 is 11.8 Å². The highest BCUT2D eigenvalue weighted by atomic mass is 32.2. The molecule has 0 aromatic rings. The van der Waals surface area contributed by atoms with Gasteiger partial charge in [0.2, 0.25) is 5.91 Å². The van der Waals surface area contributed by atoms with E-state index in [4.69, 9.17) is 15.2 Å². The van der Waals surface area contributed by atoms with Crippen molar-refractivity contribution in [1.82, 2.24) is 10.2 Å². The average molecular weight is 500 g/mol. The molecule has 1 saturated heterocycles. The van der Waals surface area contributed by atoms with Gasteiger partial charge in [0.05, 0.1) is 33.8 Å². The van der Waals surface area contributed by atoms with Crippen LogP contribution < -0.4 is 11.1 Å². The third kappa shape index (κ3) is 7.74. The van der Waals surface area contributed by atoms with Gasteiger partial charge in [-0.3, -0.25) is 14.5 Å². The summed E-state index contributed by atoms with van der Waals surface area (Å²) < 4.78 is 10.8. The van der Waals surface area contributed by atoms with E-state index in [1.165, 1.54) is 16.7 Å². The van der Waals surface area contributed by atoms with Gasteiger partial charge in [-0.2, -0.15) is 0 Å². The molecule has 0 aliphatic carbocycles. The lowest BCUT2D eigenvalue weighted by Crippen LogP contribution is -2.68. The number of carbonyl (C=O) groups is 4. The second-order valence-corrected chi connectivity index (χ2v) is 10.9. The Morgan fingerprint density at radius 1 is 1.32 bits per heavy atom. The van der Waals surface area contributed by atoms with Crippen LogP contribution in [0.5, 0.6) is 0 Å². The molecule has 190 valence electrons. The number of likely N-dealkylation sites (N-methyl/N-ethyl adjacent to an activating group) is 1. The van der Waals surface area contributed by atoms with Crippen LogP contribution in [0.3, 0.4) is 0 Å². The van der Waals surface area contributed by atoms with Crippen LogP contribution in [0.4, 0.5) is 4.79 Å². The van der Waals surface area contributed by atoms with Crippen molar-refractivity contribution in [3.8, 4) is 0 Å². The predicted molar refractivity (Wildman–Crippen MR) is 127 cm³/mol. The lowest BCUT2D eigenvalue weighted by molar-refractivity contribution is -0.884. The summed E-state index contributed by atoms with van der Waals surface area (Å²) in [6, 6.07) is -0.650. The monoisotopic (exact) mass is 499 g/mol. The Morgan fingerprint density at radius 2 is 2.00 bits per heavy atom. The number of esters is 1. The first kappa shape index (κ1) is 27.7. The van der Waals surface area contributed by atoms with Crippen LogP contribution in [-0.2, 0) is 23.9 Å². The number of β-lactam (4-membered cyclic amide) rings is 1. The second kappa shape index (κ2) is 11.2. The number of amides is 2. The largest absolute Gasteiger partial charge is 0.477 e. The van der Waals surface area contributed by atoms with Crippen molar-refractivity contribution >= 4 is 35.7 Å². The number of nitrogens with zero attached hydrogens (tertiary/aromatic N) is 2. The number of carbonyl (C=O) groups excluding carboxylic acids is 3. The first-order valence-corrected chi connectivity index (χ1v) is 12.0. The molecule has 0 aromatic heterocycles. The number of fused-ring (bicyclic) bond motifs is 1. The van der Waals surface area contributed by atoms with Crippen molar-refractivity contribution < 1.29 is 38.2 Å². The highest BCUT2D eigenvalue weighted by molar-refractivity contribution is 8.00. The van der Waals surface area contributed by atoms with Crippen LogP contribution in [0.15, 0.2) is 23.4 Å². The van der Waals surface area contributed by atoms with Gasteiger partial charge in [-0.05, 0) is 32.4 Å². The molecule has 0 unspecified atom stereocenters. The Balaban J connectivity index is 1.76. The maximum absolute atomic E-state index is 12.0. The first-order valence-electron chi connectivity index (χ1n) is 11.0. The summed E-state index contributed by atoms with van der Waals surface area (Å²) in [5.41, 5.74) is 5.71. The number of rotatable bonds is 10. The maximum Gasteiger partial charge on any atom is 0.408 e. The summed E-state index contributed by atoms with van der Waals surface area (Å²) in [4.78, 5) is 48.3. The van der Waals surface area contributed by atoms with E-state index in [0.29, 0.717) is 35.3 Å². The fourth-order valence-electron chi connectivity index (χ4n) is 3.43. The Morgan fingerprint density at radius 3 is 2.62 bits per heavy atom. The number of nitrogens with two attached hydrogens (primary N) is 1. The lowest BCUT2D eigenvalue weighted by atomic mass is 10.0. The van der Waals surface area contributed by atoms with Crippen LogP contribution in [0.25, 0.3) is 0 Å². The molecule has 2 atom stereocenters. The standard InChI is InChI=1S/C22H34N4O7S/c1-22(2,3)33-21(31)24-12-15(27)32-11-7-10-26(4,5)9-6-8-14-13-34-19-16(23)18(28)25(19)17(14)20(29)30/h6,8,16,19H,7,9-13,23H2,1-5H3,(H-,24,29,30,31)/p+1/b8-6+/t16-,19-/m1/s1. The summed E-state index contributed by atoms with van der Waals surface area (Å²) in [6.07, 6.45) is 3.58. The van der Waals surface area contributed by atoms with Gasteiger partial charge in [0.25, 0.3) is 0 Å². The van der Waals surface area contributed by atoms with Gasteiger partial charge in [-0.15, -0.1) is 11.8 Å². The molecule has 11 nitrogen and oxygen atoms in total. The van der Waals surface area contributed by atoms with Gasteiger partial charge in [0.1, 0.15) is 29.3 Å². The summed E-state index contributed by atoms with van der Waals surface area (Å²) in [5.74, 6) is -1.58. The molecule has 0 saturated carbocycles. The van der Waals surface area contributed by atoms with E-state index in [1.54, 1.807) is 26.8 Å². The van der Waals surface area contributed by atoms with Crippen molar-refractivity contribution in [1.29, 1.82) is 0 Å². The minimum atomic E-state index is -1.14. The van der Waals surface area contributed by atoms with Crippen molar-refractivity contribution in [2.45, 2.75) is 44.2 Å². The average Bonchev–Trinajstić information content (AvgIpc) is 2.72. The molecular weight excluding hydrogens is 464 g/mol. The van der Waals surface area contributed by atoms with Gasteiger partial charge in [-0.25, -0.2) is 9.59 Å². The number of aliphatic carboxylic acids is 1. The molecule has 34 heavy (non-hydrogen) atoms. The minimum Gasteiger partial charge on any atom is -0.477 e. The van der Waals surface area contributed by atoms with Crippen molar-refractivity contribution in [2.75, 3.05) is 46.1 Å². The summed E-state index contributed by atoms with van der Waals surface area (Å²) in [5, 5.41) is 11.6. The Labute approximate surface area is 203 Å². The van der Waals surface area contributed by atoms with Gasteiger partial charge in [0.15, 0.2) is 0 Å². The van der Waals surface area contributed by atoms with Crippen LogP contribution in [0, 0.1) is 0 Å². The van der Waals surface area contributed by atoms with Crippen LogP contribution in [0.2, 0.25) is 0 Å². The number of allylic oxidation sites excluding steroid dienone is 1. The maximum atomic E-state index is 12.0. The van der Waals surface area contributed by atoms with Crippen molar-refractivity contribution in [3.63, 3.8) is 0 Å². The SMILES string of the molecule is CC(C)(C)OC(=O)NCC(=O)OCCC[N+](C)(C)C/C=C/C1=C(C(=O)O)N2C(=O)[C@@H](N)[C@H]2SC1. The molecule has 2 aliphatic rings. The van der Waals surface area contributed by atoms with E-state index in [0.717, 1.165) is 0 Å². The van der Waals surface area contributed by atoms with Crippen LogP contribution in [-0.4, -0.2) is 102 Å². The van der Waals surface area contributed by atoms with E-state index >= 15 is 0 Å². The van der Waals surface area contributed by atoms with E-state index in [-0.39, 0.29) is 30.1 Å². The summed E-state index contributed by atoms with van der Waals surface area (Å²) in [7, 11) is 4.01. The molecule has 0 spiro atoms. The second-order valence-electron chi connectivity index (χ2n) is 9.79. The Bertz CT molecular complexity index is 879. The smallest absolute Gasteiger partial charge is 0.408 e. The zero-order valence-electron chi connectivity index (χ0n) is 20.3. The van der Waals surface area contributed by atoms with Crippen molar-refractivity contribution in [2.24, 2.45) is 5.73 Å². The summed E-state index contributed by atoms with van der Waals surface area (Å²) in [6.45, 7) is 6.46. The summed E-state index contributed by atoms with van der Waals surface area (Å²) >= 11 is 1.46. The first-order chi connectivity index (χ1) is 15.7. The van der Waals surface area contributed by atoms with Gasteiger partial charge >= 0.3 is 18.0 Å². The topological polar surface area (TPSA) is 148 Å². The minimum absolute atomic E-state index is 0.00362. The molecule has 2 amide bonds. The van der Waals surface area contributed by atoms with Crippen LogP contribution in [0.1, 0.15) is 27.2 Å². The van der Waals surface area contributed by atoms with E-state index < -0.39 is 29.7 Å². The fourth-order valence-corrected chi connectivity index (χ4v) is 4.69. The number of hydrogen-bond acceptors (Lipinski definition) is 8. The quantitative estimate of drug-likeness (QED) is 0.171. The highest BCUT2D eigenvalue weighted by Gasteiger charge is 2.51. The highest BCUT2D eigenvalue weighted by Crippen LogP contribution is 2.39. The lowest BCUT2D eigenvalue weighted by Gasteiger charge is -2.47. The molecule has 4 N–H and O–H groups in total. The number of ether oxygens (including phenoxy) is 2. The van der Waals surface area contributed by atoms with E-state index in [1.807, 2.05) is 20.2 Å². The Kier molecular flexibility index (Phi) is 9.15. The molecule has 2 heterocycles. The van der Waals surface area contributed by atoms with Gasteiger partial charge in [-0.1, -0.05) is 6.08 Å². The van der Waals surface area contributed by atoms with Gasteiger partial charge in [0, 0.05) is 12.2 Å². The zero-order valence-corrected chi connectivity index (χ0v) is 21.1. The molecule has 2 rings (SSSR count). The number of carboxylic acids is 1. The zero-order chi connectivity index (χ0) is 25.7. The number of quaternary nitrogens is 1. The van der Waals surface area contributed by atoms with E-state index in [9.17, 15) is 24.3 Å². The number of thioether (sulfide) groups is 1. The predicted octanol–water partition coefficient (Wildman–Crippen LogP) is 0.658. The molecule has 1 fully saturated rings. The Hall–Kier alpha value is -2.57. The molecule has 2 aliphatic heterocycles. The number of alkyl carbamates (subject to hydrolysis) is 1. The van der Waals surface area contributed by atoms with E-state index in [2.05, 4.69) is 5.32 Å². The molecule has 0 aromatic carbocycles. The molecule has 12 heteroatoms. The third-order valence-corrected chi connectivity index (χ3v) is 6.43. The fraction of sp³-hybridized carbons (Fsp3) is 0.636. The number of nitrogens with one attached hydrogen (secondary N) is 1. The van der Waals surface area contributed by atoms with Crippen molar-refractivity contribution in [3.05, 3.63) is 23.4 Å².